The Labute approximate surface area is 132 Å². The smallest absolute Gasteiger partial charge is 0.270 e. The molecule has 116 valence electrons. The number of nitrogens with zero attached hydrogens (tertiary/aromatic N) is 2. The van der Waals surface area contributed by atoms with Crippen LogP contribution in [0.2, 0.25) is 0 Å². The molecule has 0 spiro atoms. The third kappa shape index (κ3) is 2.96. The first-order valence-corrected chi connectivity index (χ1v) is 7.20. The maximum absolute atomic E-state index is 12.5. The molecule has 6 nitrogen and oxygen atoms in total. The highest BCUT2D eigenvalue weighted by Gasteiger charge is 2.35. The second kappa shape index (κ2) is 6.00. The average molecular weight is 310 g/mol. The molecule has 1 aliphatic rings. The quantitative estimate of drug-likeness (QED) is 0.496. The summed E-state index contributed by atoms with van der Waals surface area (Å²) in [7, 11) is 0. The number of hydrogen-bond acceptors (Lipinski definition) is 4. The van der Waals surface area contributed by atoms with Crippen LogP contribution in [0.3, 0.4) is 0 Å². The van der Waals surface area contributed by atoms with Gasteiger partial charge >= 0.3 is 0 Å². The van der Waals surface area contributed by atoms with Crippen molar-refractivity contribution in [2.75, 3.05) is 6.54 Å². The van der Waals surface area contributed by atoms with Gasteiger partial charge in [-0.1, -0.05) is 36.4 Å². The number of rotatable bonds is 3. The highest BCUT2D eigenvalue weighted by Crippen LogP contribution is 2.29. The summed E-state index contributed by atoms with van der Waals surface area (Å²) in [6.45, 7) is 0.296. The van der Waals surface area contributed by atoms with Crippen molar-refractivity contribution >= 4 is 17.5 Å². The first kappa shape index (κ1) is 14.9. The predicted octanol–water partition coefficient (Wildman–Crippen LogP) is 2.75. The van der Waals surface area contributed by atoms with E-state index in [4.69, 9.17) is 0 Å². The van der Waals surface area contributed by atoms with Gasteiger partial charge in [0.05, 0.1) is 4.92 Å². The molecule has 0 bridgehead atoms. The van der Waals surface area contributed by atoms with Gasteiger partial charge in [0.2, 0.25) is 5.91 Å². The molecule has 1 fully saturated rings. The number of non-ortho nitro benzene ring substituents is 1. The topological polar surface area (TPSA) is 80.5 Å². The lowest BCUT2D eigenvalue weighted by atomic mass is 9.98. The van der Waals surface area contributed by atoms with Gasteiger partial charge in [-0.2, -0.15) is 0 Å². The standard InChI is InChI=1S/C17H14N2O4/c20-16-10-14(12-5-2-1-3-6-12)11-18(16)17(21)13-7-4-8-15(9-13)19(22)23/h1-9,14H,10-11H2/t14-/m0/s1. The van der Waals surface area contributed by atoms with E-state index in [1.54, 1.807) is 0 Å². The minimum Gasteiger partial charge on any atom is -0.278 e. The van der Waals surface area contributed by atoms with E-state index in [1.165, 1.54) is 29.2 Å². The highest BCUT2D eigenvalue weighted by molar-refractivity contribution is 6.06. The fraction of sp³-hybridized carbons (Fsp3) is 0.176. The second-order valence-corrected chi connectivity index (χ2v) is 5.43. The van der Waals surface area contributed by atoms with Crippen molar-refractivity contribution in [2.45, 2.75) is 12.3 Å². The normalized spacial score (nSPS) is 17.3. The van der Waals surface area contributed by atoms with E-state index < -0.39 is 10.8 Å². The van der Waals surface area contributed by atoms with Gasteiger partial charge in [0, 0.05) is 36.6 Å². The molecule has 2 amide bonds. The molecule has 0 radical (unpaired) electrons. The fourth-order valence-corrected chi connectivity index (χ4v) is 2.76. The summed E-state index contributed by atoms with van der Waals surface area (Å²) in [5, 5.41) is 10.8. The Balaban J connectivity index is 1.82. The first-order chi connectivity index (χ1) is 11.1. The lowest BCUT2D eigenvalue weighted by Crippen LogP contribution is -2.32. The van der Waals surface area contributed by atoms with Gasteiger partial charge in [-0.3, -0.25) is 24.6 Å². The Morgan fingerprint density at radius 3 is 2.57 bits per heavy atom. The monoisotopic (exact) mass is 310 g/mol. The van der Waals surface area contributed by atoms with Crippen molar-refractivity contribution in [3.63, 3.8) is 0 Å². The van der Waals surface area contributed by atoms with Crippen molar-refractivity contribution in [1.29, 1.82) is 0 Å². The second-order valence-electron chi connectivity index (χ2n) is 5.43. The Bertz CT molecular complexity index is 773. The molecule has 2 aromatic carbocycles. The average Bonchev–Trinajstić information content (AvgIpc) is 2.97. The molecule has 6 heteroatoms. The first-order valence-electron chi connectivity index (χ1n) is 7.20. The third-order valence-electron chi connectivity index (χ3n) is 3.95. The van der Waals surface area contributed by atoms with Gasteiger partial charge in [0.1, 0.15) is 0 Å². The number of nitro groups is 1. The summed E-state index contributed by atoms with van der Waals surface area (Å²) in [6.07, 6.45) is 0.269. The van der Waals surface area contributed by atoms with E-state index in [9.17, 15) is 19.7 Å². The van der Waals surface area contributed by atoms with Gasteiger partial charge in [-0.15, -0.1) is 0 Å². The zero-order chi connectivity index (χ0) is 16.4. The minimum atomic E-state index is -0.560. The van der Waals surface area contributed by atoms with Crippen LogP contribution in [0.5, 0.6) is 0 Å². The zero-order valence-electron chi connectivity index (χ0n) is 12.2. The van der Waals surface area contributed by atoms with Crippen molar-refractivity contribution < 1.29 is 14.5 Å². The number of carbonyl (C=O) groups excluding carboxylic acids is 2. The molecule has 23 heavy (non-hydrogen) atoms. The number of likely N-dealkylation sites (tertiary alicyclic amines) is 1. The number of hydrogen-bond donors (Lipinski definition) is 0. The van der Waals surface area contributed by atoms with Gasteiger partial charge in [0.15, 0.2) is 0 Å². The van der Waals surface area contributed by atoms with Crippen LogP contribution in [-0.2, 0) is 4.79 Å². The van der Waals surface area contributed by atoms with Crippen LogP contribution in [-0.4, -0.2) is 28.2 Å². The number of carbonyl (C=O) groups is 2. The Morgan fingerprint density at radius 2 is 1.87 bits per heavy atom. The largest absolute Gasteiger partial charge is 0.278 e. The molecule has 1 heterocycles. The Morgan fingerprint density at radius 1 is 1.13 bits per heavy atom. The van der Waals surface area contributed by atoms with Crippen molar-refractivity contribution in [1.82, 2.24) is 4.90 Å². The molecule has 3 rings (SSSR count). The summed E-state index contributed by atoms with van der Waals surface area (Å²) < 4.78 is 0. The van der Waals surface area contributed by atoms with Gasteiger partial charge in [0.25, 0.3) is 11.6 Å². The van der Waals surface area contributed by atoms with E-state index in [-0.39, 0.29) is 29.5 Å². The Kier molecular flexibility index (Phi) is 3.89. The summed E-state index contributed by atoms with van der Waals surface area (Å²) in [6, 6.07) is 15.0. The van der Waals surface area contributed by atoms with Crippen LogP contribution in [0.4, 0.5) is 5.69 Å². The maximum Gasteiger partial charge on any atom is 0.270 e. The minimum absolute atomic E-state index is 0.0358. The summed E-state index contributed by atoms with van der Waals surface area (Å²) in [5.74, 6) is -0.779. The summed E-state index contributed by atoms with van der Waals surface area (Å²) >= 11 is 0. The van der Waals surface area contributed by atoms with Crippen molar-refractivity contribution in [2.24, 2.45) is 0 Å². The molecule has 0 aromatic heterocycles. The number of imide groups is 1. The fourth-order valence-electron chi connectivity index (χ4n) is 2.76. The number of benzene rings is 2. The zero-order valence-corrected chi connectivity index (χ0v) is 12.2. The van der Waals surface area contributed by atoms with Crippen LogP contribution in [0, 0.1) is 10.1 Å². The molecular formula is C17H14N2O4. The van der Waals surface area contributed by atoms with Crippen molar-refractivity contribution in [3.8, 4) is 0 Å². The Hall–Kier alpha value is -3.02. The van der Waals surface area contributed by atoms with E-state index in [1.807, 2.05) is 30.3 Å². The molecule has 1 saturated heterocycles. The molecule has 0 unspecified atom stereocenters. The van der Waals surface area contributed by atoms with E-state index in [2.05, 4.69) is 0 Å². The summed E-state index contributed by atoms with van der Waals surface area (Å²) in [5.41, 5.74) is 0.999. The van der Waals surface area contributed by atoms with Gasteiger partial charge < -0.3 is 0 Å². The lowest BCUT2D eigenvalue weighted by molar-refractivity contribution is -0.384. The van der Waals surface area contributed by atoms with Crippen LogP contribution < -0.4 is 0 Å². The number of nitro benzene ring substituents is 1. The van der Waals surface area contributed by atoms with Crippen LogP contribution >= 0.6 is 0 Å². The van der Waals surface area contributed by atoms with Gasteiger partial charge in [-0.05, 0) is 11.6 Å². The predicted molar refractivity (Wildman–Crippen MR) is 82.9 cm³/mol. The van der Waals surface area contributed by atoms with Crippen LogP contribution in [0.1, 0.15) is 28.3 Å². The molecule has 0 N–H and O–H groups in total. The van der Waals surface area contributed by atoms with E-state index >= 15 is 0 Å². The molecule has 1 atom stereocenters. The molecule has 1 aliphatic heterocycles. The molecule has 0 aliphatic carbocycles. The third-order valence-corrected chi connectivity index (χ3v) is 3.95. The number of amides is 2. The summed E-state index contributed by atoms with van der Waals surface area (Å²) in [4.78, 5) is 36.1. The van der Waals surface area contributed by atoms with E-state index in [0.717, 1.165) is 5.56 Å². The van der Waals surface area contributed by atoms with Crippen molar-refractivity contribution in [3.05, 3.63) is 75.8 Å². The SMILES string of the molecule is O=C1C[C@H](c2ccccc2)CN1C(=O)c1cccc([N+](=O)[O-])c1. The lowest BCUT2D eigenvalue weighted by Gasteiger charge is -2.15. The van der Waals surface area contributed by atoms with E-state index in [0.29, 0.717) is 6.54 Å². The molecule has 0 saturated carbocycles. The molecule has 2 aromatic rings. The molecular weight excluding hydrogens is 296 g/mol. The van der Waals surface area contributed by atoms with Crippen LogP contribution in [0.25, 0.3) is 0 Å². The van der Waals surface area contributed by atoms with Crippen LogP contribution in [0.15, 0.2) is 54.6 Å². The maximum atomic E-state index is 12.5. The highest BCUT2D eigenvalue weighted by atomic mass is 16.6. The van der Waals surface area contributed by atoms with Gasteiger partial charge in [-0.25, -0.2) is 0 Å².